The van der Waals surface area contributed by atoms with Gasteiger partial charge in [0.25, 0.3) is 0 Å². The van der Waals surface area contributed by atoms with E-state index in [0.29, 0.717) is 5.41 Å². The highest BCUT2D eigenvalue weighted by Crippen LogP contribution is 2.61. The highest BCUT2D eigenvalue weighted by molar-refractivity contribution is 5.06. The molecule has 5 aliphatic rings. The second kappa shape index (κ2) is 5.53. The smallest absolute Gasteiger partial charge is 0.0195 e. The summed E-state index contributed by atoms with van der Waals surface area (Å²) < 4.78 is 0. The molecule has 1 heterocycles. The van der Waals surface area contributed by atoms with Gasteiger partial charge in [-0.3, -0.25) is 4.90 Å². The van der Waals surface area contributed by atoms with Crippen molar-refractivity contribution in [3.63, 3.8) is 0 Å². The van der Waals surface area contributed by atoms with Gasteiger partial charge in [0.1, 0.15) is 0 Å². The summed E-state index contributed by atoms with van der Waals surface area (Å²) in [5.41, 5.74) is 0.697. The first-order valence-corrected chi connectivity index (χ1v) is 9.66. The molecule has 1 N–H and O–H groups in total. The topological polar surface area (TPSA) is 15.3 Å². The number of nitrogens with zero attached hydrogens (tertiary/aromatic N) is 1. The minimum atomic E-state index is 0.697. The van der Waals surface area contributed by atoms with E-state index in [1.54, 1.807) is 38.5 Å². The highest BCUT2D eigenvalue weighted by atomic mass is 15.2. The zero-order valence-corrected chi connectivity index (χ0v) is 14.1. The molecule has 2 unspecified atom stereocenters. The van der Waals surface area contributed by atoms with Crippen LogP contribution >= 0.6 is 0 Å². The predicted molar refractivity (Wildman–Crippen MR) is 88.3 cm³/mol. The number of piperazine rings is 1. The lowest BCUT2D eigenvalue weighted by Crippen LogP contribution is -2.60. The maximum absolute atomic E-state index is 3.74. The van der Waals surface area contributed by atoms with Crippen LogP contribution in [-0.2, 0) is 0 Å². The molecular weight excluding hydrogens is 256 g/mol. The minimum absolute atomic E-state index is 0.697. The first-order valence-electron chi connectivity index (χ1n) is 9.66. The van der Waals surface area contributed by atoms with Crippen molar-refractivity contribution in [3.05, 3.63) is 0 Å². The first kappa shape index (κ1) is 14.5. The summed E-state index contributed by atoms with van der Waals surface area (Å²) in [5, 5.41) is 3.74. The SMILES string of the molecule is CCCC1CN(C(C)C23CC4CC(CC(C4)C2)C3)CCN1. The van der Waals surface area contributed by atoms with Crippen LogP contribution in [0.4, 0.5) is 0 Å². The number of rotatable bonds is 4. The monoisotopic (exact) mass is 290 g/mol. The lowest BCUT2D eigenvalue weighted by atomic mass is 9.47. The second-order valence-electron chi connectivity index (χ2n) is 8.89. The van der Waals surface area contributed by atoms with Crippen LogP contribution < -0.4 is 5.32 Å². The Bertz CT molecular complexity index is 340. The lowest BCUT2D eigenvalue weighted by molar-refractivity contribution is -0.100. The fourth-order valence-corrected chi connectivity index (χ4v) is 6.82. The molecule has 0 amide bonds. The normalized spacial score (nSPS) is 47.7. The maximum atomic E-state index is 3.74. The summed E-state index contributed by atoms with van der Waals surface area (Å²) in [6.07, 6.45) is 12.1. The largest absolute Gasteiger partial charge is 0.311 e. The molecule has 2 nitrogen and oxygen atoms in total. The van der Waals surface area contributed by atoms with Crippen molar-refractivity contribution in [2.75, 3.05) is 19.6 Å². The average molecular weight is 290 g/mol. The van der Waals surface area contributed by atoms with E-state index in [2.05, 4.69) is 24.1 Å². The Morgan fingerprint density at radius 3 is 2.29 bits per heavy atom. The van der Waals surface area contributed by atoms with E-state index in [0.717, 1.165) is 29.8 Å². The lowest BCUT2D eigenvalue weighted by Gasteiger charge is -2.61. The van der Waals surface area contributed by atoms with Gasteiger partial charge in [-0.05, 0) is 75.0 Å². The zero-order valence-electron chi connectivity index (χ0n) is 14.1. The van der Waals surface area contributed by atoms with Gasteiger partial charge in [-0.25, -0.2) is 0 Å². The zero-order chi connectivity index (χ0) is 14.4. The van der Waals surface area contributed by atoms with Crippen molar-refractivity contribution in [3.8, 4) is 0 Å². The third-order valence-corrected chi connectivity index (χ3v) is 7.44. The van der Waals surface area contributed by atoms with Crippen LogP contribution in [0.25, 0.3) is 0 Å². The molecule has 0 aromatic rings. The van der Waals surface area contributed by atoms with E-state index >= 15 is 0 Å². The molecule has 1 saturated heterocycles. The summed E-state index contributed by atoms with van der Waals surface area (Å²) in [6, 6.07) is 1.58. The minimum Gasteiger partial charge on any atom is -0.311 e. The molecule has 0 aromatic heterocycles. The summed E-state index contributed by atoms with van der Waals surface area (Å²) in [5.74, 6) is 3.27. The van der Waals surface area contributed by atoms with E-state index in [1.165, 1.54) is 32.5 Å². The van der Waals surface area contributed by atoms with Crippen LogP contribution in [-0.4, -0.2) is 36.6 Å². The molecule has 2 heteroatoms. The van der Waals surface area contributed by atoms with Crippen LogP contribution in [0.2, 0.25) is 0 Å². The summed E-state index contributed by atoms with van der Waals surface area (Å²) in [4.78, 5) is 2.87. The van der Waals surface area contributed by atoms with Crippen molar-refractivity contribution in [1.29, 1.82) is 0 Å². The third-order valence-electron chi connectivity index (χ3n) is 7.44. The predicted octanol–water partition coefficient (Wildman–Crippen LogP) is 3.67. The Morgan fingerprint density at radius 1 is 1.10 bits per heavy atom. The van der Waals surface area contributed by atoms with Gasteiger partial charge >= 0.3 is 0 Å². The van der Waals surface area contributed by atoms with Crippen LogP contribution in [0.15, 0.2) is 0 Å². The molecule has 4 aliphatic carbocycles. The van der Waals surface area contributed by atoms with Crippen molar-refractivity contribution in [2.45, 2.75) is 77.3 Å². The quantitative estimate of drug-likeness (QED) is 0.850. The van der Waals surface area contributed by atoms with Gasteiger partial charge in [-0.2, -0.15) is 0 Å². The van der Waals surface area contributed by atoms with E-state index in [-0.39, 0.29) is 0 Å². The molecule has 4 bridgehead atoms. The molecule has 4 saturated carbocycles. The summed E-state index contributed by atoms with van der Waals surface area (Å²) in [6.45, 7) is 8.70. The Hall–Kier alpha value is -0.0800. The molecule has 2 atom stereocenters. The van der Waals surface area contributed by atoms with Crippen LogP contribution in [0.5, 0.6) is 0 Å². The average Bonchev–Trinajstić information content (AvgIpc) is 2.46. The van der Waals surface area contributed by atoms with Gasteiger partial charge in [-0.1, -0.05) is 13.3 Å². The molecule has 1 aliphatic heterocycles. The highest BCUT2D eigenvalue weighted by Gasteiger charge is 2.54. The molecular formula is C19H34N2. The molecule has 5 rings (SSSR count). The fraction of sp³-hybridized carbons (Fsp3) is 1.00. The summed E-state index contributed by atoms with van der Waals surface area (Å²) >= 11 is 0. The van der Waals surface area contributed by atoms with Gasteiger partial charge < -0.3 is 5.32 Å². The standard InChI is InChI=1S/C19H34N2/c1-3-4-18-13-21(6-5-20-18)14(2)19-10-15-7-16(11-19)9-17(8-15)12-19/h14-18,20H,3-13H2,1-2H3. The van der Waals surface area contributed by atoms with E-state index in [1.807, 2.05) is 0 Å². The maximum Gasteiger partial charge on any atom is 0.0195 e. The molecule has 0 radical (unpaired) electrons. The van der Waals surface area contributed by atoms with Crippen LogP contribution in [0.1, 0.15) is 65.2 Å². The van der Waals surface area contributed by atoms with Crippen LogP contribution in [0.3, 0.4) is 0 Å². The first-order chi connectivity index (χ1) is 10.2. The molecule has 0 spiro atoms. The van der Waals surface area contributed by atoms with Gasteiger partial charge in [0.15, 0.2) is 0 Å². The molecule has 5 fully saturated rings. The Morgan fingerprint density at radius 2 is 1.71 bits per heavy atom. The summed E-state index contributed by atoms with van der Waals surface area (Å²) in [7, 11) is 0. The van der Waals surface area contributed by atoms with E-state index < -0.39 is 0 Å². The van der Waals surface area contributed by atoms with Gasteiger partial charge in [-0.15, -0.1) is 0 Å². The van der Waals surface area contributed by atoms with Gasteiger partial charge in [0, 0.05) is 31.7 Å². The number of hydrogen-bond donors (Lipinski definition) is 1. The van der Waals surface area contributed by atoms with E-state index in [9.17, 15) is 0 Å². The second-order valence-corrected chi connectivity index (χ2v) is 8.89. The Labute approximate surface area is 131 Å². The van der Waals surface area contributed by atoms with Crippen LogP contribution in [0, 0.1) is 23.2 Å². The van der Waals surface area contributed by atoms with Crippen molar-refractivity contribution in [1.82, 2.24) is 10.2 Å². The fourth-order valence-electron chi connectivity index (χ4n) is 6.82. The van der Waals surface area contributed by atoms with Crippen molar-refractivity contribution in [2.24, 2.45) is 23.2 Å². The van der Waals surface area contributed by atoms with Crippen molar-refractivity contribution >= 4 is 0 Å². The number of hydrogen-bond acceptors (Lipinski definition) is 2. The van der Waals surface area contributed by atoms with Gasteiger partial charge in [0.05, 0.1) is 0 Å². The van der Waals surface area contributed by atoms with Gasteiger partial charge in [0.2, 0.25) is 0 Å². The molecule has 120 valence electrons. The Kier molecular flexibility index (Phi) is 3.82. The van der Waals surface area contributed by atoms with E-state index in [4.69, 9.17) is 0 Å². The number of nitrogens with one attached hydrogen (secondary N) is 1. The third kappa shape index (κ3) is 2.57. The van der Waals surface area contributed by atoms with Crippen molar-refractivity contribution < 1.29 is 0 Å². The molecule has 0 aromatic carbocycles. The molecule has 21 heavy (non-hydrogen) atoms. The Balaban J connectivity index is 1.47.